The van der Waals surface area contributed by atoms with Gasteiger partial charge in [-0.25, -0.2) is 4.98 Å². The van der Waals surface area contributed by atoms with Crippen LogP contribution in [0.4, 0.5) is 5.95 Å². The van der Waals surface area contributed by atoms with Crippen molar-refractivity contribution in [3.63, 3.8) is 0 Å². The Labute approximate surface area is 106 Å². The summed E-state index contributed by atoms with van der Waals surface area (Å²) in [6.45, 7) is 2.58. The van der Waals surface area contributed by atoms with Crippen molar-refractivity contribution in [1.82, 2.24) is 14.5 Å². The first-order chi connectivity index (χ1) is 8.49. The molecule has 0 spiro atoms. The molecule has 0 saturated heterocycles. The second-order valence-corrected chi connectivity index (χ2v) is 4.65. The van der Waals surface area contributed by atoms with Crippen LogP contribution in [-0.4, -0.2) is 34.5 Å². The Morgan fingerprint density at radius 1 is 1.44 bits per heavy atom. The largest absolute Gasteiger partial charge is 0.369 e. The fourth-order valence-corrected chi connectivity index (χ4v) is 1.92. The van der Waals surface area contributed by atoms with Gasteiger partial charge in [-0.2, -0.15) is 0 Å². The summed E-state index contributed by atoms with van der Waals surface area (Å²) in [5.74, 6) is 0.547. The Kier molecular flexibility index (Phi) is 3.23. The Balaban J connectivity index is 2.28. The molecule has 1 amide bonds. The molecule has 0 fully saturated rings. The molecule has 2 rings (SSSR count). The summed E-state index contributed by atoms with van der Waals surface area (Å²) in [4.78, 5) is 17.5. The monoisotopic (exact) mass is 246 g/mol. The fraction of sp³-hybridized carbons (Fsp3) is 0.385. The van der Waals surface area contributed by atoms with E-state index < -0.39 is 0 Å². The highest BCUT2D eigenvalue weighted by Gasteiger charge is 2.10. The SMILES string of the molecule is Cc1ccc2c(c1)nc(N)n2CCC(=O)N(C)C. The minimum absolute atomic E-state index is 0.0864. The number of carbonyl (C=O) groups excluding carboxylic acids is 1. The van der Waals surface area contributed by atoms with Gasteiger partial charge in [0.25, 0.3) is 0 Å². The average Bonchev–Trinajstić information content (AvgIpc) is 2.60. The summed E-state index contributed by atoms with van der Waals surface area (Å²) >= 11 is 0. The van der Waals surface area contributed by atoms with E-state index in [0.717, 1.165) is 16.6 Å². The summed E-state index contributed by atoms with van der Waals surface area (Å²) in [6.07, 6.45) is 0.427. The van der Waals surface area contributed by atoms with E-state index in [4.69, 9.17) is 5.73 Å². The third-order valence-electron chi connectivity index (χ3n) is 2.98. The zero-order valence-electron chi connectivity index (χ0n) is 11.0. The molecule has 5 heteroatoms. The molecule has 0 saturated carbocycles. The molecule has 2 aromatic rings. The quantitative estimate of drug-likeness (QED) is 0.890. The molecule has 0 atom stereocenters. The van der Waals surface area contributed by atoms with Crippen LogP contribution in [0.5, 0.6) is 0 Å². The first-order valence-electron chi connectivity index (χ1n) is 5.91. The topological polar surface area (TPSA) is 64.1 Å². The Morgan fingerprint density at radius 2 is 2.17 bits per heavy atom. The van der Waals surface area contributed by atoms with Gasteiger partial charge in [0.05, 0.1) is 11.0 Å². The number of anilines is 1. The van der Waals surface area contributed by atoms with Crippen LogP contribution < -0.4 is 5.73 Å². The predicted octanol–water partition coefficient (Wildman–Crippen LogP) is 1.41. The van der Waals surface area contributed by atoms with Crippen molar-refractivity contribution in [1.29, 1.82) is 0 Å². The molecule has 96 valence electrons. The van der Waals surface area contributed by atoms with Gasteiger partial charge in [0.15, 0.2) is 0 Å². The number of amides is 1. The van der Waals surface area contributed by atoms with Crippen molar-refractivity contribution < 1.29 is 4.79 Å². The maximum atomic E-state index is 11.6. The van der Waals surface area contributed by atoms with Crippen molar-refractivity contribution in [2.45, 2.75) is 19.9 Å². The number of rotatable bonds is 3. The summed E-state index contributed by atoms with van der Waals surface area (Å²) in [7, 11) is 3.50. The van der Waals surface area contributed by atoms with Gasteiger partial charge in [-0.05, 0) is 24.6 Å². The smallest absolute Gasteiger partial charge is 0.223 e. The molecule has 0 radical (unpaired) electrons. The molecule has 18 heavy (non-hydrogen) atoms. The van der Waals surface area contributed by atoms with Crippen molar-refractivity contribution in [3.8, 4) is 0 Å². The molecule has 0 unspecified atom stereocenters. The summed E-state index contributed by atoms with van der Waals surface area (Å²) in [5.41, 5.74) is 8.90. The molecule has 0 aliphatic rings. The van der Waals surface area contributed by atoms with E-state index in [1.54, 1.807) is 19.0 Å². The lowest BCUT2D eigenvalue weighted by atomic mass is 10.2. The lowest BCUT2D eigenvalue weighted by molar-refractivity contribution is -0.128. The van der Waals surface area contributed by atoms with Crippen LogP contribution in [-0.2, 0) is 11.3 Å². The summed E-state index contributed by atoms with van der Waals surface area (Å²) in [6, 6.07) is 6.01. The molecule has 2 N–H and O–H groups in total. The van der Waals surface area contributed by atoms with Crippen LogP contribution in [0.2, 0.25) is 0 Å². The molecule has 1 heterocycles. The van der Waals surface area contributed by atoms with E-state index in [2.05, 4.69) is 4.98 Å². The summed E-state index contributed by atoms with van der Waals surface area (Å²) < 4.78 is 1.89. The van der Waals surface area contributed by atoms with Crippen LogP contribution in [0.1, 0.15) is 12.0 Å². The number of aromatic nitrogens is 2. The fourth-order valence-electron chi connectivity index (χ4n) is 1.92. The number of nitrogens with two attached hydrogens (primary N) is 1. The standard InChI is InChI=1S/C13H18N4O/c1-9-4-5-11-10(8-9)15-13(14)17(11)7-6-12(18)16(2)3/h4-5,8H,6-7H2,1-3H3,(H2,14,15). The highest BCUT2D eigenvalue weighted by Crippen LogP contribution is 2.19. The lowest BCUT2D eigenvalue weighted by Gasteiger charge is -2.11. The molecule has 0 bridgehead atoms. The van der Waals surface area contributed by atoms with Gasteiger partial charge >= 0.3 is 0 Å². The number of imidazole rings is 1. The van der Waals surface area contributed by atoms with Crippen LogP contribution in [0.3, 0.4) is 0 Å². The van der Waals surface area contributed by atoms with Crippen LogP contribution in [0.15, 0.2) is 18.2 Å². The lowest BCUT2D eigenvalue weighted by Crippen LogP contribution is -2.23. The van der Waals surface area contributed by atoms with Crippen LogP contribution in [0, 0.1) is 6.92 Å². The minimum Gasteiger partial charge on any atom is -0.369 e. The second-order valence-electron chi connectivity index (χ2n) is 4.65. The Hall–Kier alpha value is -2.04. The molecular formula is C13H18N4O. The zero-order valence-corrected chi connectivity index (χ0v) is 11.0. The van der Waals surface area contributed by atoms with Crippen LogP contribution >= 0.6 is 0 Å². The Bertz CT molecular complexity index is 586. The van der Waals surface area contributed by atoms with Gasteiger partial charge < -0.3 is 15.2 Å². The molecular weight excluding hydrogens is 228 g/mol. The maximum absolute atomic E-state index is 11.6. The van der Waals surface area contributed by atoms with Crippen molar-refractivity contribution in [2.75, 3.05) is 19.8 Å². The number of nitrogen functional groups attached to an aromatic ring is 1. The van der Waals surface area contributed by atoms with Crippen molar-refractivity contribution in [3.05, 3.63) is 23.8 Å². The molecule has 5 nitrogen and oxygen atoms in total. The average molecular weight is 246 g/mol. The van der Waals surface area contributed by atoms with Crippen molar-refractivity contribution in [2.24, 2.45) is 0 Å². The third-order valence-corrected chi connectivity index (χ3v) is 2.98. The van der Waals surface area contributed by atoms with Gasteiger partial charge in [-0.1, -0.05) is 6.07 Å². The minimum atomic E-state index is 0.0864. The normalized spacial score (nSPS) is 10.8. The second kappa shape index (κ2) is 4.68. The first-order valence-corrected chi connectivity index (χ1v) is 5.91. The molecule has 0 aliphatic heterocycles. The Morgan fingerprint density at radius 3 is 2.83 bits per heavy atom. The number of hydrogen-bond donors (Lipinski definition) is 1. The van der Waals surface area contributed by atoms with E-state index >= 15 is 0 Å². The van der Waals surface area contributed by atoms with Crippen molar-refractivity contribution >= 4 is 22.9 Å². The third kappa shape index (κ3) is 2.30. The van der Waals surface area contributed by atoms with Gasteiger partial charge in [0.2, 0.25) is 11.9 Å². The number of nitrogens with zero attached hydrogens (tertiary/aromatic N) is 3. The number of hydrogen-bond acceptors (Lipinski definition) is 3. The molecule has 0 aliphatic carbocycles. The van der Waals surface area contributed by atoms with E-state index in [0.29, 0.717) is 18.9 Å². The van der Waals surface area contributed by atoms with Gasteiger partial charge in [0, 0.05) is 27.1 Å². The number of benzene rings is 1. The van der Waals surface area contributed by atoms with E-state index in [-0.39, 0.29) is 5.91 Å². The maximum Gasteiger partial charge on any atom is 0.223 e. The van der Waals surface area contributed by atoms with Gasteiger partial charge in [-0.3, -0.25) is 4.79 Å². The summed E-state index contributed by atoms with van der Waals surface area (Å²) in [5, 5.41) is 0. The van der Waals surface area contributed by atoms with E-state index in [1.807, 2.05) is 29.7 Å². The molecule has 1 aromatic heterocycles. The zero-order chi connectivity index (χ0) is 13.3. The molecule has 1 aromatic carbocycles. The number of aryl methyl sites for hydroxylation is 2. The van der Waals surface area contributed by atoms with Crippen LogP contribution in [0.25, 0.3) is 11.0 Å². The van der Waals surface area contributed by atoms with Gasteiger partial charge in [0.1, 0.15) is 0 Å². The van der Waals surface area contributed by atoms with E-state index in [9.17, 15) is 4.79 Å². The number of carbonyl (C=O) groups is 1. The van der Waals surface area contributed by atoms with E-state index in [1.165, 1.54) is 0 Å². The first kappa shape index (κ1) is 12.4. The number of fused-ring (bicyclic) bond motifs is 1. The predicted molar refractivity (Wildman–Crippen MR) is 72.2 cm³/mol. The highest BCUT2D eigenvalue weighted by atomic mass is 16.2. The highest BCUT2D eigenvalue weighted by molar-refractivity contribution is 5.80. The van der Waals surface area contributed by atoms with Gasteiger partial charge in [-0.15, -0.1) is 0 Å².